The number of aliphatic imine (C=N–C) groups is 1. The van der Waals surface area contributed by atoms with Crippen molar-refractivity contribution in [2.45, 2.75) is 17.9 Å². The van der Waals surface area contributed by atoms with Crippen LogP contribution in [0.25, 0.3) is 0 Å². The molecule has 0 heterocycles. The molecule has 2 N–H and O–H groups in total. The maximum absolute atomic E-state index is 11.5. The summed E-state index contributed by atoms with van der Waals surface area (Å²) in [6.45, 7) is 1.40. The molecule has 28 heavy (non-hydrogen) atoms. The minimum atomic E-state index is -3.15. The highest BCUT2D eigenvalue weighted by Gasteiger charge is 2.06. The van der Waals surface area contributed by atoms with Crippen molar-refractivity contribution in [3.63, 3.8) is 0 Å². The first-order valence-corrected chi connectivity index (χ1v) is 10.7. The summed E-state index contributed by atoms with van der Waals surface area (Å²) in [6, 6.07) is 15.4. The fraction of sp³-hybridized carbons (Fsp3) is 0.350. The molecule has 2 aromatic carbocycles. The molecule has 8 heteroatoms. The molecular formula is C20H29IN4O2S. The third-order valence-electron chi connectivity index (χ3n) is 4.19. The van der Waals surface area contributed by atoms with Crippen LogP contribution in [0.2, 0.25) is 0 Å². The fourth-order valence-corrected chi connectivity index (χ4v) is 3.18. The van der Waals surface area contributed by atoms with Crippen molar-refractivity contribution in [3.8, 4) is 0 Å². The second-order valence-corrected chi connectivity index (χ2v) is 8.60. The predicted octanol–water partition coefficient (Wildman–Crippen LogP) is 2.68. The monoisotopic (exact) mass is 516 g/mol. The molecule has 0 saturated heterocycles. The largest absolute Gasteiger partial charge is 0.378 e. The Kier molecular flexibility index (Phi) is 9.74. The van der Waals surface area contributed by atoms with Crippen LogP contribution < -0.4 is 15.5 Å². The zero-order valence-electron chi connectivity index (χ0n) is 16.8. The molecule has 154 valence electrons. The van der Waals surface area contributed by atoms with Gasteiger partial charge in [0, 0.05) is 46.2 Å². The Bertz CT molecular complexity index is 864. The number of nitrogens with one attached hydrogen (secondary N) is 2. The van der Waals surface area contributed by atoms with E-state index in [0.29, 0.717) is 18.0 Å². The molecule has 0 fully saturated rings. The first-order valence-electron chi connectivity index (χ1n) is 8.79. The van der Waals surface area contributed by atoms with E-state index < -0.39 is 9.84 Å². The van der Waals surface area contributed by atoms with Crippen molar-refractivity contribution >= 4 is 45.5 Å². The Labute approximate surface area is 185 Å². The minimum absolute atomic E-state index is 0. The van der Waals surface area contributed by atoms with E-state index in [4.69, 9.17) is 0 Å². The van der Waals surface area contributed by atoms with Gasteiger partial charge in [0.15, 0.2) is 15.8 Å². The number of benzene rings is 2. The highest BCUT2D eigenvalue weighted by molar-refractivity contribution is 14.0. The molecule has 0 aliphatic heterocycles. The van der Waals surface area contributed by atoms with E-state index in [0.717, 1.165) is 17.9 Å². The number of rotatable bonds is 7. The molecule has 0 bridgehead atoms. The van der Waals surface area contributed by atoms with E-state index in [9.17, 15) is 8.42 Å². The van der Waals surface area contributed by atoms with Gasteiger partial charge in [-0.2, -0.15) is 0 Å². The number of hydrogen-bond acceptors (Lipinski definition) is 4. The van der Waals surface area contributed by atoms with Crippen LogP contribution >= 0.6 is 24.0 Å². The van der Waals surface area contributed by atoms with Gasteiger partial charge in [0.05, 0.1) is 4.90 Å². The van der Waals surface area contributed by atoms with Crippen molar-refractivity contribution < 1.29 is 8.42 Å². The molecule has 0 radical (unpaired) electrons. The van der Waals surface area contributed by atoms with Crippen molar-refractivity contribution in [1.29, 1.82) is 0 Å². The summed E-state index contributed by atoms with van der Waals surface area (Å²) in [5.74, 6) is 0.736. The molecule has 0 atom stereocenters. The average molecular weight is 516 g/mol. The average Bonchev–Trinajstić information content (AvgIpc) is 2.64. The van der Waals surface area contributed by atoms with Crippen LogP contribution in [-0.4, -0.2) is 48.3 Å². The number of anilines is 1. The van der Waals surface area contributed by atoms with Gasteiger partial charge in [0.25, 0.3) is 0 Å². The Morgan fingerprint density at radius 3 is 2.04 bits per heavy atom. The van der Waals surface area contributed by atoms with Gasteiger partial charge in [-0.3, -0.25) is 4.99 Å². The summed E-state index contributed by atoms with van der Waals surface area (Å²) in [4.78, 5) is 6.65. The molecule has 0 saturated carbocycles. The molecule has 2 aromatic rings. The van der Waals surface area contributed by atoms with Crippen LogP contribution in [0.5, 0.6) is 0 Å². The maximum Gasteiger partial charge on any atom is 0.191 e. The maximum atomic E-state index is 11.5. The van der Waals surface area contributed by atoms with Gasteiger partial charge in [-0.05, 0) is 41.8 Å². The van der Waals surface area contributed by atoms with Crippen molar-refractivity contribution in [2.75, 3.05) is 38.8 Å². The normalized spacial score (nSPS) is 11.5. The number of sulfone groups is 1. The number of guanidine groups is 1. The first kappa shape index (κ1) is 24.2. The molecule has 6 nitrogen and oxygen atoms in total. The highest BCUT2D eigenvalue weighted by Crippen LogP contribution is 2.12. The van der Waals surface area contributed by atoms with E-state index in [1.165, 1.54) is 17.5 Å². The van der Waals surface area contributed by atoms with Crippen LogP contribution in [0.3, 0.4) is 0 Å². The van der Waals surface area contributed by atoms with Gasteiger partial charge in [-0.25, -0.2) is 8.42 Å². The first-order chi connectivity index (χ1) is 12.8. The highest BCUT2D eigenvalue weighted by atomic mass is 127. The van der Waals surface area contributed by atoms with Crippen LogP contribution in [0.1, 0.15) is 11.1 Å². The zero-order valence-corrected chi connectivity index (χ0v) is 19.9. The third kappa shape index (κ3) is 7.67. The van der Waals surface area contributed by atoms with E-state index in [-0.39, 0.29) is 24.0 Å². The second-order valence-electron chi connectivity index (χ2n) is 6.58. The van der Waals surface area contributed by atoms with Gasteiger partial charge >= 0.3 is 0 Å². The van der Waals surface area contributed by atoms with Crippen molar-refractivity contribution in [2.24, 2.45) is 4.99 Å². The molecule has 0 amide bonds. The van der Waals surface area contributed by atoms with E-state index in [2.05, 4.69) is 44.8 Å². The Morgan fingerprint density at radius 1 is 0.964 bits per heavy atom. The van der Waals surface area contributed by atoms with Gasteiger partial charge < -0.3 is 15.5 Å². The molecule has 0 aliphatic carbocycles. The second kappa shape index (κ2) is 11.3. The molecule has 0 unspecified atom stereocenters. The minimum Gasteiger partial charge on any atom is -0.378 e. The van der Waals surface area contributed by atoms with Gasteiger partial charge in [-0.1, -0.05) is 24.3 Å². The Morgan fingerprint density at radius 2 is 1.54 bits per heavy atom. The fourth-order valence-electron chi connectivity index (χ4n) is 2.55. The van der Waals surface area contributed by atoms with E-state index in [1.807, 2.05) is 26.2 Å². The SMILES string of the molecule is CN=C(NCCc1ccc(S(C)(=O)=O)cc1)NCc1ccc(N(C)C)cc1.I. The van der Waals surface area contributed by atoms with Crippen LogP contribution in [0.4, 0.5) is 5.69 Å². The van der Waals surface area contributed by atoms with Gasteiger partial charge in [0.1, 0.15) is 0 Å². The quantitative estimate of drug-likeness (QED) is 0.337. The van der Waals surface area contributed by atoms with E-state index >= 15 is 0 Å². The van der Waals surface area contributed by atoms with Crippen LogP contribution in [-0.2, 0) is 22.8 Å². The zero-order chi connectivity index (χ0) is 19.9. The molecule has 0 aliphatic rings. The van der Waals surface area contributed by atoms with Crippen molar-refractivity contribution in [1.82, 2.24) is 10.6 Å². The molecule has 0 spiro atoms. The summed E-state index contributed by atoms with van der Waals surface area (Å²) in [5.41, 5.74) is 3.42. The topological polar surface area (TPSA) is 73.8 Å². The Hall–Kier alpha value is -1.81. The summed E-state index contributed by atoms with van der Waals surface area (Å²) in [7, 11) is 2.64. The lowest BCUT2D eigenvalue weighted by Gasteiger charge is -2.14. The van der Waals surface area contributed by atoms with Crippen LogP contribution in [0.15, 0.2) is 58.4 Å². The summed E-state index contributed by atoms with van der Waals surface area (Å²) < 4.78 is 23.0. The standard InChI is InChI=1S/C20H28N4O2S.HI/c1-21-20(23-15-17-5-9-18(10-6-17)24(2)3)22-14-13-16-7-11-19(12-8-16)27(4,25)26;/h5-12H,13-15H2,1-4H3,(H2,21,22,23);1H. The van der Waals surface area contributed by atoms with Gasteiger partial charge in [-0.15, -0.1) is 24.0 Å². The van der Waals surface area contributed by atoms with Crippen molar-refractivity contribution in [3.05, 3.63) is 59.7 Å². The number of nitrogens with zero attached hydrogens (tertiary/aromatic N) is 2. The lowest BCUT2D eigenvalue weighted by atomic mass is 10.1. The molecule has 2 rings (SSSR count). The number of hydrogen-bond donors (Lipinski definition) is 2. The smallest absolute Gasteiger partial charge is 0.191 e. The van der Waals surface area contributed by atoms with Gasteiger partial charge in [0.2, 0.25) is 0 Å². The van der Waals surface area contributed by atoms with Crippen LogP contribution in [0, 0.1) is 0 Å². The lowest BCUT2D eigenvalue weighted by molar-refractivity contribution is 0.602. The molecular weight excluding hydrogens is 487 g/mol. The summed E-state index contributed by atoms with van der Waals surface area (Å²) >= 11 is 0. The molecule has 0 aromatic heterocycles. The summed E-state index contributed by atoms with van der Waals surface area (Å²) in [5, 5.41) is 6.57. The summed E-state index contributed by atoms with van der Waals surface area (Å²) in [6.07, 6.45) is 2.00. The number of halogens is 1. The lowest BCUT2D eigenvalue weighted by Crippen LogP contribution is -2.37. The third-order valence-corrected chi connectivity index (χ3v) is 5.32. The van der Waals surface area contributed by atoms with E-state index in [1.54, 1.807) is 19.2 Å². The Balaban J connectivity index is 0.00000392. The predicted molar refractivity (Wildman–Crippen MR) is 128 cm³/mol.